The second-order valence-electron chi connectivity index (χ2n) is 9.26. The van der Waals surface area contributed by atoms with Crippen molar-refractivity contribution >= 4 is 34.4 Å². The van der Waals surface area contributed by atoms with Crippen molar-refractivity contribution in [2.45, 2.75) is 46.1 Å². The van der Waals surface area contributed by atoms with Crippen molar-refractivity contribution in [3.63, 3.8) is 0 Å². The number of hydrogen-bond acceptors (Lipinski definition) is 5. The van der Waals surface area contributed by atoms with E-state index in [0.717, 1.165) is 29.1 Å². The van der Waals surface area contributed by atoms with Crippen LogP contribution in [0.5, 0.6) is 0 Å². The normalized spacial score (nSPS) is 15.7. The lowest BCUT2D eigenvalue weighted by Crippen LogP contribution is -2.35. The highest BCUT2D eigenvalue weighted by Crippen LogP contribution is 2.46. The van der Waals surface area contributed by atoms with Gasteiger partial charge >= 0.3 is 0 Å². The average Bonchev–Trinajstić information content (AvgIpc) is 3.55. The predicted molar refractivity (Wildman–Crippen MR) is 155 cm³/mol. The molecule has 2 unspecified atom stereocenters. The van der Waals surface area contributed by atoms with Gasteiger partial charge in [0, 0.05) is 37.1 Å². The lowest BCUT2D eigenvalue weighted by molar-refractivity contribution is -0.121. The van der Waals surface area contributed by atoms with E-state index in [-0.39, 0.29) is 5.91 Å². The molecule has 1 aliphatic rings. The zero-order chi connectivity index (χ0) is 28.3. The molecule has 0 spiro atoms. The highest BCUT2D eigenvalue weighted by Gasteiger charge is 2.42. The maximum atomic E-state index is 13.1. The van der Waals surface area contributed by atoms with Crippen LogP contribution in [-0.4, -0.2) is 62.9 Å². The van der Waals surface area contributed by atoms with Gasteiger partial charge in [-0.05, 0) is 42.4 Å². The van der Waals surface area contributed by atoms with Crippen molar-refractivity contribution in [2.24, 2.45) is 5.73 Å². The molecule has 2 aromatic heterocycles. The molecule has 2 atom stereocenters. The van der Waals surface area contributed by atoms with Gasteiger partial charge in [-0.2, -0.15) is 0 Å². The van der Waals surface area contributed by atoms with Crippen LogP contribution in [0.4, 0.5) is 0 Å². The summed E-state index contributed by atoms with van der Waals surface area (Å²) >= 11 is 6.15. The van der Waals surface area contributed by atoms with Crippen molar-refractivity contribution < 1.29 is 9.59 Å². The smallest absolute Gasteiger partial charge is 0.253 e. The zero-order valence-electron chi connectivity index (χ0n) is 23.1. The average molecular weight is 550 g/mol. The van der Waals surface area contributed by atoms with Crippen LogP contribution in [0.15, 0.2) is 42.5 Å². The molecular formula is C29H36ClN7O2. The molecule has 206 valence electrons. The monoisotopic (exact) mass is 549 g/mol. The molecule has 0 saturated heterocycles. The second kappa shape index (κ2) is 12.0. The van der Waals surface area contributed by atoms with E-state index in [0.29, 0.717) is 47.1 Å². The molecule has 9 nitrogen and oxygen atoms in total. The number of rotatable bonds is 8. The number of carbonyl (C=O) groups excluding carboxylic acids is 2. The number of halogens is 1. The molecule has 2 amide bonds. The first-order chi connectivity index (χ1) is 18.8. The highest BCUT2D eigenvalue weighted by atomic mass is 35.5. The lowest BCUT2D eigenvalue weighted by atomic mass is 9.84. The van der Waals surface area contributed by atoms with Crippen LogP contribution in [0.3, 0.4) is 0 Å². The van der Waals surface area contributed by atoms with Gasteiger partial charge in [0.1, 0.15) is 17.6 Å². The number of carbonyl (C=O) groups is 2. The molecule has 4 N–H and O–H groups in total. The van der Waals surface area contributed by atoms with Gasteiger partial charge in [-0.3, -0.25) is 9.59 Å². The number of aryl methyl sites for hydroxylation is 1. The summed E-state index contributed by atoms with van der Waals surface area (Å²) in [4.78, 5) is 40.9. The Morgan fingerprint density at radius 1 is 1.13 bits per heavy atom. The van der Waals surface area contributed by atoms with Crippen molar-refractivity contribution in [2.75, 3.05) is 26.7 Å². The number of benzene rings is 2. The number of nitrogens with one attached hydrogen (secondary N) is 2. The number of primary amides is 1. The van der Waals surface area contributed by atoms with E-state index in [4.69, 9.17) is 27.3 Å². The van der Waals surface area contributed by atoms with Crippen molar-refractivity contribution in [1.29, 1.82) is 0 Å². The van der Waals surface area contributed by atoms with E-state index in [2.05, 4.69) is 10.3 Å². The molecule has 3 heterocycles. The van der Waals surface area contributed by atoms with Crippen LogP contribution in [0.2, 0.25) is 5.02 Å². The van der Waals surface area contributed by atoms with Gasteiger partial charge in [0.15, 0.2) is 5.82 Å². The number of nitrogens with two attached hydrogens (primary N) is 1. The Morgan fingerprint density at radius 2 is 1.85 bits per heavy atom. The molecule has 0 aliphatic carbocycles. The summed E-state index contributed by atoms with van der Waals surface area (Å²) in [6, 6.07) is 12.1. The summed E-state index contributed by atoms with van der Waals surface area (Å²) in [5.74, 6) is 0.374. The number of imidazole rings is 2. The number of H-pyrrole nitrogens is 1. The molecule has 10 heteroatoms. The SMILES string of the molecule is CC.CCNCCN(C)C(=O)c1ccc2c(c1)nc1n2C(C(N)=O)C(c2ccc(Cl)cc2)c2[nH]c(CC)nc2-1. The van der Waals surface area contributed by atoms with Crippen LogP contribution in [0, 0.1) is 0 Å². The Labute approximate surface area is 233 Å². The fourth-order valence-electron chi connectivity index (χ4n) is 5.04. The maximum absolute atomic E-state index is 13.1. The van der Waals surface area contributed by atoms with Crippen LogP contribution in [0.1, 0.15) is 67.1 Å². The van der Waals surface area contributed by atoms with Crippen molar-refractivity contribution in [3.8, 4) is 11.5 Å². The van der Waals surface area contributed by atoms with Crippen LogP contribution in [-0.2, 0) is 11.2 Å². The number of nitrogens with zero attached hydrogens (tertiary/aromatic N) is 4. The molecule has 39 heavy (non-hydrogen) atoms. The molecule has 0 fully saturated rings. The maximum Gasteiger partial charge on any atom is 0.253 e. The largest absolute Gasteiger partial charge is 0.368 e. The number of hydrogen-bond donors (Lipinski definition) is 3. The summed E-state index contributed by atoms with van der Waals surface area (Å²) in [6.07, 6.45) is 0.694. The molecule has 0 bridgehead atoms. The van der Waals surface area contributed by atoms with Crippen molar-refractivity contribution in [3.05, 3.63) is 70.1 Å². The number of fused-ring (bicyclic) bond motifs is 5. The number of aromatic amines is 1. The standard InChI is InChI=1S/C27H30ClN7O2.C2H6/c1-4-20-32-22-21(15-6-9-17(28)10-7-15)24(25(29)36)35-19-11-8-16(27(37)34(3)13-12-30-5-2)14-18(19)31-26(35)23(22)33-20;1-2/h6-11,14,21,24,30H,4-5,12-13H2,1-3H3,(H2,29,36)(H,32,33);1-2H3. The number of amides is 2. The molecule has 0 radical (unpaired) electrons. The van der Waals surface area contributed by atoms with Gasteiger partial charge in [0.2, 0.25) is 5.91 Å². The quantitative estimate of drug-likeness (QED) is 0.279. The zero-order valence-corrected chi connectivity index (χ0v) is 23.8. The van der Waals surface area contributed by atoms with Crippen LogP contribution >= 0.6 is 11.6 Å². The highest BCUT2D eigenvalue weighted by molar-refractivity contribution is 6.30. The topological polar surface area (TPSA) is 122 Å². The first kappa shape index (κ1) is 28.3. The summed E-state index contributed by atoms with van der Waals surface area (Å²) in [5.41, 5.74) is 10.3. The van der Waals surface area contributed by atoms with Gasteiger partial charge in [-0.15, -0.1) is 0 Å². The second-order valence-corrected chi connectivity index (χ2v) is 9.70. The first-order valence-corrected chi connectivity index (χ1v) is 13.8. The van der Waals surface area contributed by atoms with Crippen LogP contribution in [0.25, 0.3) is 22.6 Å². The first-order valence-electron chi connectivity index (χ1n) is 13.5. The van der Waals surface area contributed by atoms with E-state index >= 15 is 0 Å². The molecule has 0 saturated carbocycles. The third-order valence-electron chi connectivity index (χ3n) is 6.91. The third-order valence-corrected chi connectivity index (χ3v) is 7.16. The fraction of sp³-hybridized carbons (Fsp3) is 0.379. The third kappa shape index (κ3) is 5.29. The van der Waals surface area contributed by atoms with Gasteiger partial charge in [-0.25, -0.2) is 9.97 Å². The molecular weight excluding hydrogens is 514 g/mol. The van der Waals surface area contributed by atoms with Crippen LogP contribution < -0.4 is 11.1 Å². The minimum Gasteiger partial charge on any atom is -0.368 e. The van der Waals surface area contributed by atoms with E-state index in [1.807, 2.05) is 50.5 Å². The molecule has 5 rings (SSSR count). The van der Waals surface area contributed by atoms with E-state index in [1.165, 1.54) is 0 Å². The minimum absolute atomic E-state index is 0.0926. The summed E-state index contributed by atoms with van der Waals surface area (Å²) < 4.78 is 1.86. The van der Waals surface area contributed by atoms with Gasteiger partial charge in [0.25, 0.3) is 5.91 Å². The summed E-state index contributed by atoms with van der Waals surface area (Å²) in [5, 5.41) is 3.84. The number of aromatic nitrogens is 4. The molecule has 4 aromatic rings. The number of likely N-dealkylation sites (N-methyl/N-ethyl adjacent to an activating group) is 2. The van der Waals surface area contributed by atoms with Gasteiger partial charge in [0.05, 0.1) is 22.6 Å². The van der Waals surface area contributed by atoms with Crippen molar-refractivity contribution in [1.82, 2.24) is 29.7 Å². The van der Waals surface area contributed by atoms with Gasteiger partial charge < -0.3 is 25.5 Å². The Morgan fingerprint density at radius 3 is 2.49 bits per heavy atom. The fourth-order valence-corrected chi connectivity index (χ4v) is 5.17. The summed E-state index contributed by atoms with van der Waals surface area (Å²) in [7, 11) is 1.78. The Bertz CT molecular complexity index is 1480. The predicted octanol–water partition coefficient (Wildman–Crippen LogP) is 4.52. The Balaban J connectivity index is 0.00000172. The van der Waals surface area contributed by atoms with E-state index in [1.54, 1.807) is 36.2 Å². The molecule has 1 aliphatic heterocycles. The Kier molecular flexibility index (Phi) is 8.72. The summed E-state index contributed by atoms with van der Waals surface area (Å²) in [6.45, 7) is 10.2. The Hall–Kier alpha value is -3.69. The molecule has 2 aromatic carbocycles. The minimum atomic E-state index is -0.747. The van der Waals surface area contributed by atoms with E-state index < -0.39 is 17.9 Å². The van der Waals surface area contributed by atoms with E-state index in [9.17, 15) is 9.59 Å². The lowest BCUT2D eigenvalue weighted by Gasteiger charge is -2.31. The van der Waals surface area contributed by atoms with Gasteiger partial charge in [-0.1, -0.05) is 51.4 Å².